The van der Waals surface area contributed by atoms with Crippen LogP contribution in [-0.2, 0) is 4.79 Å². The standard InChI is InChI=1S/C15H21BrN2O/c1-11(12-5-3-4-6-13(12)16)18-14(19)15(2)7-9-17-10-8-15/h3-6,11,17H,7-10H2,1-2H3,(H,18,19). The lowest BCUT2D eigenvalue weighted by Gasteiger charge is -2.33. The molecule has 0 aromatic heterocycles. The maximum Gasteiger partial charge on any atom is 0.226 e. The fourth-order valence-electron chi connectivity index (χ4n) is 2.48. The van der Waals surface area contributed by atoms with Gasteiger partial charge in [-0.05, 0) is 44.5 Å². The van der Waals surface area contributed by atoms with E-state index in [1.807, 2.05) is 31.2 Å². The number of hydrogen-bond acceptors (Lipinski definition) is 2. The van der Waals surface area contributed by atoms with Crippen LogP contribution in [0, 0.1) is 5.41 Å². The number of amides is 1. The fraction of sp³-hybridized carbons (Fsp3) is 0.533. The van der Waals surface area contributed by atoms with E-state index in [4.69, 9.17) is 0 Å². The zero-order valence-electron chi connectivity index (χ0n) is 11.5. The molecule has 1 fully saturated rings. The average Bonchev–Trinajstić information content (AvgIpc) is 2.40. The number of piperidine rings is 1. The molecular weight excluding hydrogens is 304 g/mol. The van der Waals surface area contributed by atoms with E-state index in [1.54, 1.807) is 0 Å². The molecule has 0 bridgehead atoms. The number of hydrogen-bond donors (Lipinski definition) is 2. The Morgan fingerprint density at radius 2 is 2.00 bits per heavy atom. The summed E-state index contributed by atoms with van der Waals surface area (Å²) in [5.74, 6) is 0.164. The lowest BCUT2D eigenvalue weighted by atomic mass is 9.80. The van der Waals surface area contributed by atoms with E-state index in [-0.39, 0.29) is 17.4 Å². The van der Waals surface area contributed by atoms with Crippen LogP contribution in [0.5, 0.6) is 0 Å². The van der Waals surface area contributed by atoms with Gasteiger partial charge in [0.05, 0.1) is 6.04 Å². The van der Waals surface area contributed by atoms with Crippen LogP contribution < -0.4 is 10.6 Å². The molecular formula is C15H21BrN2O. The third-order valence-electron chi connectivity index (χ3n) is 3.97. The summed E-state index contributed by atoms with van der Waals surface area (Å²) in [6, 6.07) is 8.05. The lowest BCUT2D eigenvalue weighted by Crippen LogP contribution is -2.46. The molecule has 1 aromatic carbocycles. The number of nitrogens with one attached hydrogen (secondary N) is 2. The van der Waals surface area contributed by atoms with Crippen molar-refractivity contribution in [3.05, 3.63) is 34.3 Å². The molecule has 1 unspecified atom stereocenters. The van der Waals surface area contributed by atoms with Crippen molar-refractivity contribution in [3.63, 3.8) is 0 Å². The highest BCUT2D eigenvalue weighted by Crippen LogP contribution is 2.30. The molecule has 1 aromatic rings. The average molecular weight is 325 g/mol. The Hall–Kier alpha value is -0.870. The van der Waals surface area contributed by atoms with Gasteiger partial charge in [-0.3, -0.25) is 4.79 Å². The first-order valence-electron chi connectivity index (χ1n) is 6.79. The molecule has 1 amide bonds. The first-order chi connectivity index (χ1) is 9.03. The molecule has 1 saturated heterocycles. The van der Waals surface area contributed by atoms with Crippen LogP contribution in [0.3, 0.4) is 0 Å². The van der Waals surface area contributed by atoms with Crippen molar-refractivity contribution >= 4 is 21.8 Å². The highest BCUT2D eigenvalue weighted by molar-refractivity contribution is 9.10. The molecule has 1 aliphatic rings. The van der Waals surface area contributed by atoms with Crippen molar-refractivity contribution in [3.8, 4) is 0 Å². The van der Waals surface area contributed by atoms with Crippen LogP contribution in [0.1, 0.15) is 38.3 Å². The van der Waals surface area contributed by atoms with Crippen molar-refractivity contribution in [1.82, 2.24) is 10.6 Å². The van der Waals surface area contributed by atoms with Crippen LogP contribution in [0.15, 0.2) is 28.7 Å². The topological polar surface area (TPSA) is 41.1 Å². The van der Waals surface area contributed by atoms with Gasteiger partial charge in [-0.15, -0.1) is 0 Å². The van der Waals surface area contributed by atoms with E-state index in [0.717, 1.165) is 36.0 Å². The van der Waals surface area contributed by atoms with E-state index in [1.165, 1.54) is 0 Å². The number of halogens is 1. The van der Waals surface area contributed by atoms with Crippen molar-refractivity contribution in [2.75, 3.05) is 13.1 Å². The SMILES string of the molecule is CC(NC(=O)C1(C)CCNCC1)c1ccccc1Br. The van der Waals surface area contributed by atoms with Gasteiger partial charge in [0.15, 0.2) is 0 Å². The molecule has 2 N–H and O–H groups in total. The molecule has 1 atom stereocenters. The van der Waals surface area contributed by atoms with Crippen LogP contribution in [0.25, 0.3) is 0 Å². The smallest absolute Gasteiger partial charge is 0.226 e. The molecule has 3 nitrogen and oxygen atoms in total. The summed E-state index contributed by atoms with van der Waals surface area (Å²) in [5.41, 5.74) is 0.884. The first kappa shape index (κ1) is 14.5. The Bertz CT molecular complexity index is 455. The third-order valence-corrected chi connectivity index (χ3v) is 4.70. The van der Waals surface area contributed by atoms with Crippen molar-refractivity contribution in [2.45, 2.75) is 32.7 Å². The summed E-state index contributed by atoms with van der Waals surface area (Å²) in [7, 11) is 0. The second-order valence-electron chi connectivity index (χ2n) is 5.53. The summed E-state index contributed by atoms with van der Waals surface area (Å²) in [6.45, 7) is 5.94. The minimum absolute atomic E-state index is 0.0229. The zero-order valence-corrected chi connectivity index (χ0v) is 13.1. The Balaban J connectivity index is 2.04. The van der Waals surface area contributed by atoms with Crippen molar-refractivity contribution in [2.24, 2.45) is 5.41 Å². The summed E-state index contributed by atoms with van der Waals surface area (Å²) >= 11 is 3.53. The normalized spacial score (nSPS) is 19.7. The molecule has 1 aliphatic heterocycles. The summed E-state index contributed by atoms with van der Waals surface area (Å²) in [6.07, 6.45) is 1.81. The largest absolute Gasteiger partial charge is 0.349 e. The van der Waals surface area contributed by atoms with E-state index in [9.17, 15) is 4.79 Å². The van der Waals surface area contributed by atoms with E-state index >= 15 is 0 Å². The zero-order chi connectivity index (χ0) is 13.9. The molecule has 0 aliphatic carbocycles. The van der Waals surface area contributed by atoms with Gasteiger partial charge in [-0.25, -0.2) is 0 Å². The van der Waals surface area contributed by atoms with Gasteiger partial charge in [0.2, 0.25) is 5.91 Å². The second kappa shape index (κ2) is 6.06. The molecule has 2 rings (SSSR count). The summed E-state index contributed by atoms with van der Waals surface area (Å²) in [4.78, 5) is 12.5. The van der Waals surface area contributed by atoms with Gasteiger partial charge in [0.25, 0.3) is 0 Å². The quantitative estimate of drug-likeness (QED) is 0.897. The molecule has 19 heavy (non-hydrogen) atoms. The van der Waals surface area contributed by atoms with Crippen molar-refractivity contribution < 1.29 is 4.79 Å². The molecule has 1 heterocycles. The molecule has 0 spiro atoms. The van der Waals surface area contributed by atoms with Gasteiger partial charge < -0.3 is 10.6 Å². The Labute approximate surface area is 123 Å². The number of rotatable bonds is 3. The molecule has 104 valence electrons. The Morgan fingerprint density at radius 1 is 1.37 bits per heavy atom. The summed E-state index contributed by atoms with van der Waals surface area (Å²) in [5, 5.41) is 6.45. The lowest BCUT2D eigenvalue weighted by molar-refractivity contribution is -0.132. The molecule has 0 saturated carbocycles. The number of carbonyl (C=O) groups is 1. The first-order valence-corrected chi connectivity index (χ1v) is 7.58. The van der Waals surface area contributed by atoms with Crippen LogP contribution in [-0.4, -0.2) is 19.0 Å². The predicted molar refractivity (Wildman–Crippen MR) is 80.9 cm³/mol. The molecule has 4 heteroatoms. The second-order valence-corrected chi connectivity index (χ2v) is 6.38. The minimum Gasteiger partial charge on any atom is -0.349 e. The van der Waals surface area contributed by atoms with Gasteiger partial charge >= 0.3 is 0 Å². The maximum atomic E-state index is 12.5. The van der Waals surface area contributed by atoms with E-state index < -0.39 is 0 Å². The fourth-order valence-corrected chi connectivity index (χ4v) is 3.11. The van der Waals surface area contributed by atoms with Crippen LogP contribution in [0.4, 0.5) is 0 Å². The monoisotopic (exact) mass is 324 g/mol. The van der Waals surface area contributed by atoms with E-state index in [0.29, 0.717) is 0 Å². The van der Waals surface area contributed by atoms with Gasteiger partial charge in [-0.1, -0.05) is 41.1 Å². The number of carbonyl (C=O) groups excluding carboxylic acids is 1. The highest BCUT2D eigenvalue weighted by atomic mass is 79.9. The highest BCUT2D eigenvalue weighted by Gasteiger charge is 2.35. The predicted octanol–water partition coefficient (Wildman–Crippen LogP) is 3.02. The minimum atomic E-state index is -0.235. The van der Waals surface area contributed by atoms with E-state index in [2.05, 4.69) is 33.5 Å². The third kappa shape index (κ3) is 3.37. The van der Waals surface area contributed by atoms with Crippen LogP contribution in [0.2, 0.25) is 0 Å². The van der Waals surface area contributed by atoms with Gasteiger partial charge in [-0.2, -0.15) is 0 Å². The summed E-state index contributed by atoms with van der Waals surface area (Å²) < 4.78 is 1.04. The van der Waals surface area contributed by atoms with Crippen LogP contribution >= 0.6 is 15.9 Å². The van der Waals surface area contributed by atoms with Crippen molar-refractivity contribution in [1.29, 1.82) is 0 Å². The number of benzene rings is 1. The van der Waals surface area contributed by atoms with Gasteiger partial charge in [0, 0.05) is 9.89 Å². The Kier molecular flexibility index (Phi) is 4.63. The Morgan fingerprint density at radius 3 is 2.63 bits per heavy atom. The molecule has 0 radical (unpaired) electrons. The maximum absolute atomic E-state index is 12.5. The van der Waals surface area contributed by atoms with Gasteiger partial charge in [0.1, 0.15) is 0 Å².